The average molecular weight is 396 g/mol. The van der Waals surface area contributed by atoms with Gasteiger partial charge in [0, 0.05) is 17.3 Å². The van der Waals surface area contributed by atoms with Crippen LogP contribution in [0, 0.1) is 6.92 Å². The normalized spacial score (nSPS) is 11.8. The molecule has 0 aliphatic heterocycles. The predicted molar refractivity (Wildman–Crippen MR) is 86.6 cm³/mol. The van der Waals surface area contributed by atoms with Crippen molar-refractivity contribution in [3.05, 3.63) is 43.5 Å². The molecule has 0 spiro atoms. The van der Waals surface area contributed by atoms with Crippen LogP contribution in [0.25, 0.3) is 0 Å². The molecule has 0 amide bonds. The van der Waals surface area contributed by atoms with Crippen molar-refractivity contribution in [1.82, 2.24) is 4.72 Å². The minimum Gasteiger partial charge on any atom is -0.398 e. The van der Waals surface area contributed by atoms with Crippen LogP contribution in [0.4, 0.5) is 5.69 Å². The van der Waals surface area contributed by atoms with E-state index < -0.39 is 10.0 Å². The van der Waals surface area contributed by atoms with Crippen LogP contribution in [0.3, 0.4) is 0 Å². The first-order valence-electron chi connectivity index (χ1n) is 5.57. The smallest absolute Gasteiger partial charge is 0.242 e. The lowest BCUT2D eigenvalue weighted by atomic mass is 10.2. The first-order chi connectivity index (χ1) is 9.31. The van der Waals surface area contributed by atoms with E-state index in [0.29, 0.717) is 4.47 Å². The van der Waals surface area contributed by atoms with Crippen molar-refractivity contribution < 1.29 is 8.42 Å². The summed E-state index contributed by atoms with van der Waals surface area (Å²) in [4.78, 5) is 0.0374. The van der Waals surface area contributed by atoms with Crippen LogP contribution >= 0.6 is 38.9 Å². The molecule has 8 heteroatoms. The number of aryl methyl sites for hydroxylation is 1. The summed E-state index contributed by atoms with van der Waals surface area (Å²) in [7, 11) is -3.69. The molecule has 0 radical (unpaired) electrons. The fourth-order valence-electron chi connectivity index (χ4n) is 1.60. The number of rotatable bonds is 4. The Bertz CT molecular complexity index is 744. The minimum absolute atomic E-state index is 0.0374. The Labute approximate surface area is 135 Å². The zero-order chi connectivity index (χ0) is 14.9. The molecule has 4 nitrogen and oxygen atoms in total. The van der Waals surface area contributed by atoms with Gasteiger partial charge >= 0.3 is 0 Å². The van der Waals surface area contributed by atoms with Crippen molar-refractivity contribution in [1.29, 1.82) is 0 Å². The number of anilines is 1. The highest BCUT2D eigenvalue weighted by molar-refractivity contribution is 9.10. The summed E-state index contributed by atoms with van der Waals surface area (Å²) >= 11 is 10.6. The standard InChI is InChI=1S/C12H12BrClN2O2S2/c1-7-5-19-6-8(7)4-16-20(17,18)11-3-9(14)2-10(15)12(11)13/h2-3,5-6,16H,4,15H2,1H3. The van der Waals surface area contributed by atoms with Crippen LogP contribution in [0.1, 0.15) is 11.1 Å². The van der Waals surface area contributed by atoms with E-state index in [1.54, 1.807) is 0 Å². The van der Waals surface area contributed by atoms with E-state index in [9.17, 15) is 8.42 Å². The lowest BCUT2D eigenvalue weighted by Gasteiger charge is -2.10. The lowest BCUT2D eigenvalue weighted by Crippen LogP contribution is -2.24. The number of nitrogens with two attached hydrogens (primary N) is 1. The SMILES string of the molecule is Cc1cscc1CNS(=O)(=O)c1cc(Cl)cc(N)c1Br. The summed E-state index contributed by atoms with van der Waals surface area (Å²) < 4.78 is 27.5. The zero-order valence-corrected chi connectivity index (χ0v) is 14.5. The molecule has 20 heavy (non-hydrogen) atoms. The van der Waals surface area contributed by atoms with Crippen LogP contribution in [0.15, 0.2) is 32.3 Å². The van der Waals surface area contributed by atoms with Crippen LogP contribution in [-0.4, -0.2) is 8.42 Å². The highest BCUT2D eigenvalue weighted by Crippen LogP contribution is 2.31. The monoisotopic (exact) mass is 394 g/mol. The largest absolute Gasteiger partial charge is 0.398 e. The van der Waals surface area contributed by atoms with Crippen LogP contribution in [0.2, 0.25) is 5.02 Å². The van der Waals surface area contributed by atoms with Gasteiger partial charge in [-0.3, -0.25) is 0 Å². The van der Waals surface area contributed by atoms with E-state index in [0.717, 1.165) is 11.1 Å². The van der Waals surface area contributed by atoms with Gasteiger partial charge in [0.2, 0.25) is 10.0 Å². The Balaban J connectivity index is 2.29. The maximum absolute atomic E-state index is 12.3. The third-order valence-corrected chi connectivity index (χ3v) is 6.44. The molecule has 0 saturated heterocycles. The molecule has 0 saturated carbocycles. The van der Waals surface area contributed by atoms with Gasteiger partial charge in [-0.2, -0.15) is 11.3 Å². The Morgan fingerprint density at radius 2 is 2.10 bits per heavy atom. The number of nitrogens with one attached hydrogen (secondary N) is 1. The number of sulfonamides is 1. The summed E-state index contributed by atoms with van der Waals surface area (Å²) in [5, 5.41) is 4.16. The first-order valence-corrected chi connectivity index (χ1v) is 9.17. The van der Waals surface area contributed by atoms with Crippen molar-refractivity contribution in [2.24, 2.45) is 0 Å². The maximum Gasteiger partial charge on any atom is 0.242 e. The molecule has 3 N–H and O–H groups in total. The van der Waals surface area contributed by atoms with E-state index in [-0.39, 0.29) is 22.2 Å². The third kappa shape index (κ3) is 3.35. The second-order valence-electron chi connectivity index (χ2n) is 4.21. The van der Waals surface area contributed by atoms with Gasteiger partial charge in [0.05, 0.1) is 9.37 Å². The maximum atomic E-state index is 12.3. The lowest BCUT2D eigenvalue weighted by molar-refractivity contribution is 0.581. The molecular formula is C12H12BrClN2O2S2. The van der Waals surface area contributed by atoms with Gasteiger partial charge in [-0.1, -0.05) is 11.6 Å². The molecule has 0 aliphatic rings. The number of benzene rings is 1. The van der Waals surface area contributed by atoms with E-state index in [1.165, 1.54) is 23.5 Å². The van der Waals surface area contributed by atoms with E-state index >= 15 is 0 Å². The van der Waals surface area contributed by atoms with Crippen molar-refractivity contribution in [3.63, 3.8) is 0 Å². The fourth-order valence-corrected chi connectivity index (χ4v) is 4.75. The van der Waals surface area contributed by atoms with Crippen molar-refractivity contribution >= 4 is 54.6 Å². The van der Waals surface area contributed by atoms with Gasteiger partial charge in [-0.25, -0.2) is 13.1 Å². The molecule has 0 aliphatic carbocycles. The second-order valence-corrected chi connectivity index (χ2v) is 7.92. The number of thiophene rings is 1. The highest BCUT2D eigenvalue weighted by atomic mass is 79.9. The van der Waals surface area contributed by atoms with Gasteiger partial charge in [0.1, 0.15) is 0 Å². The highest BCUT2D eigenvalue weighted by Gasteiger charge is 2.20. The van der Waals surface area contributed by atoms with Crippen LogP contribution in [0.5, 0.6) is 0 Å². The Kier molecular flexibility index (Phi) is 4.76. The number of halogens is 2. The summed E-state index contributed by atoms with van der Waals surface area (Å²) in [6.45, 7) is 2.17. The molecule has 0 atom stereocenters. The molecule has 2 rings (SSSR count). The average Bonchev–Trinajstić information content (AvgIpc) is 2.77. The molecule has 1 heterocycles. The summed E-state index contributed by atoms with van der Waals surface area (Å²) in [6, 6.07) is 2.86. The van der Waals surface area contributed by atoms with Gasteiger partial charge in [0.25, 0.3) is 0 Å². The fraction of sp³-hybridized carbons (Fsp3) is 0.167. The predicted octanol–water partition coefficient (Wildman–Crippen LogP) is 3.53. The zero-order valence-electron chi connectivity index (χ0n) is 10.5. The Hall–Kier alpha value is -0.600. The van der Waals surface area contributed by atoms with E-state index in [1.807, 2.05) is 17.7 Å². The molecular weight excluding hydrogens is 384 g/mol. The summed E-state index contributed by atoms with van der Waals surface area (Å²) in [5.41, 5.74) is 8.00. The Morgan fingerprint density at radius 1 is 1.40 bits per heavy atom. The number of hydrogen-bond donors (Lipinski definition) is 2. The van der Waals surface area contributed by atoms with E-state index in [4.69, 9.17) is 17.3 Å². The molecule has 108 valence electrons. The molecule has 2 aromatic rings. The first kappa shape index (κ1) is 15.8. The Morgan fingerprint density at radius 3 is 2.70 bits per heavy atom. The molecule has 0 bridgehead atoms. The van der Waals surface area contributed by atoms with Crippen LogP contribution < -0.4 is 10.5 Å². The van der Waals surface area contributed by atoms with Crippen molar-refractivity contribution in [2.75, 3.05) is 5.73 Å². The number of hydrogen-bond acceptors (Lipinski definition) is 4. The topological polar surface area (TPSA) is 72.2 Å². The van der Waals surface area contributed by atoms with Gasteiger partial charge in [-0.05, 0) is 56.9 Å². The third-order valence-electron chi connectivity index (χ3n) is 2.74. The second kappa shape index (κ2) is 6.03. The van der Waals surface area contributed by atoms with Crippen molar-refractivity contribution in [3.8, 4) is 0 Å². The van der Waals surface area contributed by atoms with Gasteiger partial charge in [0.15, 0.2) is 0 Å². The molecule has 0 unspecified atom stereocenters. The van der Waals surface area contributed by atoms with Gasteiger partial charge < -0.3 is 5.73 Å². The molecule has 1 aromatic carbocycles. The quantitative estimate of drug-likeness (QED) is 0.778. The van der Waals surface area contributed by atoms with Crippen molar-refractivity contribution in [2.45, 2.75) is 18.4 Å². The van der Waals surface area contributed by atoms with E-state index in [2.05, 4.69) is 20.7 Å². The minimum atomic E-state index is -3.69. The molecule has 0 fully saturated rings. The molecule has 1 aromatic heterocycles. The van der Waals surface area contributed by atoms with Crippen LogP contribution in [-0.2, 0) is 16.6 Å². The number of nitrogen functional groups attached to an aromatic ring is 1. The summed E-state index contributed by atoms with van der Waals surface area (Å²) in [6.07, 6.45) is 0. The summed E-state index contributed by atoms with van der Waals surface area (Å²) in [5.74, 6) is 0. The van der Waals surface area contributed by atoms with Gasteiger partial charge in [-0.15, -0.1) is 0 Å².